The zero-order chi connectivity index (χ0) is 29.1. The van der Waals surface area contributed by atoms with Crippen molar-refractivity contribution in [1.29, 1.82) is 0 Å². The SMILES string of the molecule is C[Si](C)(C)CCOCn1cc(C(F)(F)F)c2c(Oc3c(F)cc(CC(=S)Oc4ccccc4)cc3F)ccnc21. The Labute approximate surface area is 234 Å². The van der Waals surface area contributed by atoms with Gasteiger partial charge in [0, 0.05) is 33.5 Å². The lowest BCUT2D eigenvalue weighted by atomic mass is 10.1. The first kappa shape index (κ1) is 29.6. The van der Waals surface area contributed by atoms with E-state index >= 15 is 8.78 Å². The molecule has 2 aromatic heterocycles. The van der Waals surface area contributed by atoms with Crippen molar-refractivity contribution in [3.63, 3.8) is 0 Å². The van der Waals surface area contributed by atoms with Gasteiger partial charge in [0.1, 0.15) is 23.9 Å². The molecule has 12 heteroatoms. The van der Waals surface area contributed by atoms with Crippen LogP contribution in [0.1, 0.15) is 11.1 Å². The summed E-state index contributed by atoms with van der Waals surface area (Å²) < 4.78 is 89.7. The number of fused-ring (bicyclic) bond motifs is 1. The molecule has 0 radical (unpaired) electrons. The highest BCUT2D eigenvalue weighted by atomic mass is 32.1. The predicted octanol–water partition coefficient (Wildman–Crippen LogP) is 8.39. The summed E-state index contributed by atoms with van der Waals surface area (Å²) in [6, 6.07) is 12.6. The molecule has 0 unspecified atom stereocenters. The minimum Gasteiger partial charge on any atom is -0.450 e. The standard InChI is InChI=1S/C28H27F5N2O3SSi/c1-40(2,3)12-11-36-17-35-16-20(28(31,32)33)25-23(9-10-34-27(25)35)38-26-21(29)13-18(14-22(26)30)15-24(39)37-19-7-5-4-6-8-19/h4-10,13-14,16H,11-12,15,17H2,1-3H3. The van der Waals surface area contributed by atoms with E-state index in [0.717, 1.165) is 30.4 Å². The number of nitrogens with zero attached hydrogens (tertiary/aromatic N) is 2. The Kier molecular flexibility index (Phi) is 8.91. The van der Waals surface area contributed by atoms with Crippen molar-refractivity contribution in [1.82, 2.24) is 9.55 Å². The van der Waals surface area contributed by atoms with Crippen LogP contribution < -0.4 is 9.47 Å². The highest BCUT2D eigenvalue weighted by Crippen LogP contribution is 2.42. The van der Waals surface area contributed by atoms with Crippen LogP contribution in [0.25, 0.3) is 11.0 Å². The third-order valence-electron chi connectivity index (χ3n) is 5.84. The summed E-state index contributed by atoms with van der Waals surface area (Å²) in [5.41, 5.74) is -0.973. The first-order chi connectivity index (χ1) is 18.8. The fourth-order valence-electron chi connectivity index (χ4n) is 3.87. The molecule has 0 saturated carbocycles. The van der Waals surface area contributed by atoms with Crippen molar-refractivity contribution in [3.05, 3.63) is 83.7 Å². The van der Waals surface area contributed by atoms with Crippen molar-refractivity contribution in [2.24, 2.45) is 0 Å². The van der Waals surface area contributed by atoms with Crippen LogP contribution in [-0.2, 0) is 24.1 Å². The molecule has 0 aliphatic heterocycles. The molecule has 0 saturated heterocycles. The van der Waals surface area contributed by atoms with Crippen LogP contribution in [0.4, 0.5) is 22.0 Å². The zero-order valence-corrected chi connectivity index (χ0v) is 23.8. The minimum atomic E-state index is -4.78. The average molecular weight is 595 g/mol. The monoisotopic (exact) mass is 594 g/mol. The maximum atomic E-state index is 15.0. The molecule has 5 nitrogen and oxygen atoms in total. The molecule has 0 fully saturated rings. The Morgan fingerprint density at radius 1 is 1.02 bits per heavy atom. The van der Waals surface area contributed by atoms with E-state index in [1.807, 2.05) is 0 Å². The van der Waals surface area contributed by atoms with Crippen LogP contribution in [0.3, 0.4) is 0 Å². The van der Waals surface area contributed by atoms with E-state index in [9.17, 15) is 13.2 Å². The molecule has 0 aliphatic carbocycles. The van der Waals surface area contributed by atoms with Crippen molar-refractivity contribution in [3.8, 4) is 17.2 Å². The number of ether oxygens (including phenoxy) is 3. The van der Waals surface area contributed by atoms with E-state index in [1.54, 1.807) is 30.3 Å². The Hall–Kier alpha value is -3.35. The van der Waals surface area contributed by atoms with Gasteiger partial charge in [-0.25, -0.2) is 13.8 Å². The quantitative estimate of drug-likeness (QED) is 0.0799. The number of rotatable bonds is 10. The molecular formula is C28H27F5N2O3SSi. The van der Waals surface area contributed by atoms with Gasteiger partial charge in [0.15, 0.2) is 22.4 Å². The van der Waals surface area contributed by atoms with Crippen molar-refractivity contribution >= 4 is 36.4 Å². The smallest absolute Gasteiger partial charge is 0.418 e. The Morgan fingerprint density at radius 2 is 1.70 bits per heavy atom. The molecule has 0 atom stereocenters. The molecule has 0 bridgehead atoms. The van der Waals surface area contributed by atoms with E-state index in [-0.39, 0.29) is 29.4 Å². The van der Waals surface area contributed by atoms with Crippen molar-refractivity contribution in [2.75, 3.05) is 6.61 Å². The lowest BCUT2D eigenvalue weighted by Crippen LogP contribution is -2.22. The van der Waals surface area contributed by atoms with E-state index in [0.29, 0.717) is 12.4 Å². The van der Waals surface area contributed by atoms with Crippen LogP contribution in [-0.4, -0.2) is 29.3 Å². The van der Waals surface area contributed by atoms with Gasteiger partial charge >= 0.3 is 6.18 Å². The summed E-state index contributed by atoms with van der Waals surface area (Å²) in [6.45, 7) is 6.69. The van der Waals surface area contributed by atoms with E-state index in [2.05, 4.69) is 24.6 Å². The molecular weight excluding hydrogens is 567 g/mol. The maximum absolute atomic E-state index is 15.0. The molecule has 0 aliphatic rings. The second kappa shape index (κ2) is 12.0. The Bertz CT molecular complexity index is 1480. The van der Waals surface area contributed by atoms with Crippen LogP contribution in [0.15, 0.2) is 60.9 Å². The van der Waals surface area contributed by atoms with E-state index in [1.165, 1.54) is 10.8 Å². The van der Waals surface area contributed by atoms with Crippen LogP contribution >= 0.6 is 12.2 Å². The van der Waals surface area contributed by atoms with E-state index < -0.39 is 48.3 Å². The normalized spacial score (nSPS) is 12.1. The van der Waals surface area contributed by atoms with Crippen molar-refractivity contribution < 1.29 is 36.2 Å². The topological polar surface area (TPSA) is 45.5 Å². The molecule has 2 heterocycles. The molecule has 40 heavy (non-hydrogen) atoms. The number of hydrogen-bond donors (Lipinski definition) is 0. The van der Waals surface area contributed by atoms with Gasteiger partial charge in [-0.1, -0.05) is 37.8 Å². The van der Waals surface area contributed by atoms with Crippen LogP contribution in [0.5, 0.6) is 17.2 Å². The van der Waals surface area contributed by atoms with Gasteiger partial charge in [0.25, 0.3) is 0 Å². The summed E-state index contributed by atoms with van der Waals surface area (Å²) in [7, 11) is -1.40. The molecule has 0 amide bonds. The number of para-hydroxylation sites is 1. The average Bonchev–Trinajstić information content (AvgIpc) is 3.24. The summed E-state index contributed by atoms with van der Waals surface area (Å²) in [5, 5.41) is -0.346. The maximum Gasteiger partial charge on any atom is 0.418 e. The van der Waals surface area contributed by atoms with Gasteiger partial charge in [-0.15, -0.1) is 0 Å². The first-order valence-corrected chi connectivity index (χ1v) is 16.5. The number of benzene rings is 2. The number of alkyl halides is 3. The number of hydrogen-bond acceptors (Lipinski definition) is 5. The highest BCUT2D eigenvalue weighted by molar-refractivity contribution is 7.80. The molecule has 2 aromatic carbocycles. The summed E-state index contributed by atoms with van der Waals surface area (Å²) >= 11 is 5.18. The Balaban J connectivity index is 1.59. The summed E-state index contributed by atoms with van der Waals surface area (Å²) in [4.78, 5) is 4.07. The third kappa shape index (κ3) is 7.43. The lowest BCUT2D eigenvalue weighted by Gasteiger charge is -2.15. The molecule has 4 aromatic rings. The minimum absolute atomic E-state index is 0.0728. The van der Waals surface area contributed by atoms with Gasteiger partial charge in [-0.3, -0.25) is 0 Å². The van der Waals surface area contributed by atoms with Crippen molar-refractivity contribution in [2.45, 2.75) is 45.0 Å². The number of halogens is 5. The second-order valence-electron chi connectivity index (χ2n) is 10.3. The predicted molar refractivity (Wildman–Crippen MR) is 149 cm³/mol. The summed E-state index contributed by atoms with van der Waals surface area (Å²) in [6.07, 6.45) is -2.78. The van der Waals surface area contributed by atoms with Crippen LogP contribution in [0.2, 0.25) is 25.7 Å². The van der Waals surface area contributed by atoms with E-state index in [4.69, 9.17) is 26.4 Å². The molecule has 212 valence electrons. The molecule has 0 N–H and O–H groups in total. The fraction of sp³-hybridized carbons (Fsp3) is 0.286. The lowest BCUT2D eigenvalue weighted by molar-refractivity contribution is -0.136. The number of thiocarbonyl (C=S) groups is 1. The van der Waals surface area contributed by atoms with Crippen LogP contribution in [0, 0.1) is 11.6 Å². The first-order valence-electron chi connectivity index (χ1n) is 12.4. The fourth-order valence-corrected chi connectivity index (χ4v) is 4.89. The number of aromatic nitrogens is 2. The third-order valence-corrected chi connectivity index (χ3v) is 7.78. The van der Waals surface area contributed by atoms with Gasteiger partial charge < -0.3 is 18.8 Å². The molecule has 0 spiro atoms. The van der Waals surface area contributed by atoms with Gasteiger partial charge in [-0.05, 0) is 54.2 Å². The van der Waals surface area contributed by atoms with Gasteiger partial charge in [0.05, 0.1) is 10.9 Å². The Morgan fingerprint density at radius 3 is 2.33 bits per heavy atom. The molecule has 4 rings (SSSR count). The van der Waals surface area contributed by atoms with Gasteiger partial charge in [0.2, 0.25) is 0 Å². The zero-order valence-electron chi connectivity index (χ0n) is 22.0. The number of pyridine rings is 1. The highest BCUT2D eigenvalue weighted by Gasteiger charge is 2.37. The largest absolute Gasteiger partial charge is 0.450 e. The van der Waals surface area contributed by atoms with Gasteiger partial charge in [-0.2, -0.15) is 13.2 Å². The summed E-state index contributed by atoms with van der Waals surface area (Å²) in [5.74, 6) is -2.98. The second-order valence-corrected chi connectivity index (χ2v) is 16.4.